The summed E-state index contributed by atoms with van der Waals surface area (Å²) in [7, 11) is 0. The lowest BCUT2D eigenvalue weighted by molar-refractivity contribution is 0.866. The molecule has 0 saturated carbocycles. The summed E-state index contributed by atoms with van der Waals surface area (Å²) in [6.07, 6.45) is 6.78. The van der Waals surface area contributed by atoms with E-state index in [0.717, 1.165) is 43.4 Å². The molecule has 0 aliphatic carbocycles. The van der Waals surface area contributed by atoms with Gasteiger partial charge in [-0.1, -0.05) is 76.1 Å². The Morgan fingerprint density at radius 1 is 0.792 bits per heavy atom. The molecule has 0 aromatic heterocycles. The van der Waals surface area contributed by atoms with Gasteiger partial charge in [0.1, 0.15) is 0 Å². The van der Waals surface area contributed by atoms with E-state index in [1.54, 1.807) is 0 Å². The van der Waals surface area contributed by atoms with Crippen LogP contribution in [0.5, 0.6) is 0 Å². The molecule has 2 aromatic rings. The van der Waals surface area contributed by atoms with Crippen LogP contribution in [0.1, 0.15) is 67.9 Å². The van der Waals surface area contributed by atoms with E-state index in [0.29, 0.717) is 0 Å². The van der Waals surface area contributed by atoms with Crippen molar-refractivity contribution in [1.29, 1.82) is 0 Å². The fraction of sp³-hybridized carbons (Fsp3) is 0.391. The molecule has 0 bridgehead atoms. The van der Waals surface area contributed by atoms with Gasteiger partial charge in [0.2, 0.25) is 0 Å². The van der Waals surface area contributed by atoms with Crippen LogP contribution in [0.4, 0.5) is 5.69 Å². The van der Waals surface area contributed by atoms with Gasteiger partial charge in [0, 0.05) is 16.8 Å². The zero-order chi connectivity index (χ0) is 17.4. The summed E-state index contributed by atoms with van der Waals surface area (Å²) in [5.41, 5.74) is 13.2. The molecule has 2 rings (SSSR count). The zero-order valence-corrected chi connectivity index (χ0v) is 15.3. The van der Waals surface area contributed by atoms with Gasteiger partial charge >= 0.3 is 0 Å². The third-order valence-corrected chi connectivity index (χ3v) is 4.22. The van der Waals surface area contributed by atoms with Crippen molar-refractivity contribution in [3.8, 4) is 11.8 Å². The van der Waals surface area contributed by atoms with Gasteiger partial charge in [0.15, 0.2) is 0 Å². The van der Waals surface area contributed by atoms with Crippen LogP contribution in [0.3, 0.4) is 0 Å². The predicted molar refractivity (Wildman–Crippen MR) is 105 cm³/mol. The highest BCUT2D eigenvalue weighted by atomic mass is 14.5. The molecule has 0 amide bonds. The van der Waals surface area contributed by atoms with Crippen LogP contribution in [0.2, 0.25) is 0 Å². The fourth-order valence-electron chi connectivity index (χ4n) is 3.11. The summed E-state index contributed by atoms with van der Waals surface area (Å²) in [6.45, 7) is 6.71. The number of para-hydroxylation sites is 1. The SMILES string of the molecule is CCCc1cc(CCC)c(C#Cc2ccccc2N)c(CCC)c1. The van der Waals surface area contributed by atoms with E-state index in [1.165, 1.54) is 28.7 Å². The van der Waals surface area contributed by atoms with Gasteiger partial charge in [0.05, 0.1) is 0 Å². The number of hydrogen-bond acceptors (Lipinski definition) is 1. The second-order valence-electron chi connectivity index (χ2n) is 6.38. The number of nitrogens with two attached hydrogens (primary N) is 1. The van der Waals surface area contributed by atoms with E-state index < -0.39 is 0 Å². The van der Waals surface area contributed by atoms with Gasteiger partial charge < -0.3 is 5.73 Å². The molecular formula is C23H29N. The highest BCUT2D eigenvalue weighted by molar-refractivity contribution is 5.59. The maximum Gasteiger partial charge on any atom is 0.0478 e. The molecule has 0 fully saturated rings. The molecule has 0 aliphatic heterocycles. The van der Waals surface area contributed by atoms with Crippen molar-refractivity contribution in [2.75, 3.05) is 5.73 Å². The first-order valence-corrected chi connectivity index (χ1v) is 9.20. The molecule has 0 atom stereocenters. The molecule has 2 aromatic carbocycles. The minimum atomic E-state index is 0.752. The average molecular weight is 319 g/mol. The van der Waals surface area contributed by atoms with E-state index in [1.807, 2.05) is 24.3 Å². The van der Waals surface area contributed by atoms with E-state index in [4.69, 9.17) is 5.73 Å². The Hall–Kier alpha value is -2.20. The Balaban J connectivity index is 2.52. The van der Waals surface area contributed by atoms with Crippen molar-refractivity contribution < 1.29 is 0 Å². The first-order chi connectivity index (χ1) is 11.7. The second kappa shape index (κ2) is 9.18. The summed E-state index contributed by atoms with van der Waals surface area (Å²) in [5, 5.41) is 0. The van der Waals surface area contributed by atoms with Crippen LogP contribution in [0, 0.1) is 11.8 Å². The Labute approximate surface area is 147 Å². The van der Waals surface area contributed by atoms with Crippen LogP contribution < -0.4 is 5.73 Å². The third-order valence-electron chi connectivity index (χ3n) is 4.22. The van der Waals surface area contributed by atoms with Crippen molar-refractivity contribution >= 4 is 5.69 Å². The molecule has 24 heavy (non-hydrogen) atoms. The number of rotatable bonds is 6. The lowest BCUT2D eigenvalue weighted by Crippen LogP contribution is -2.00. The number of hydrogen-bond donors (Lipinski definition) is 1. The quantitative estimate of drug-likeness (QED) is 0.550. The van der Waals surface area contributed by atoms with Crippen LogP contribution in [-0.4, -0.2) is 0 Å². The highest BCUT2D eigenvalue weighted by Gasteiger charge is 2.09. The molecule has 1 nitrogen and oxygen atoms in total. The van der Waals surface area contributed by atoms with Crippen molar-refractivity contribution in [3.05, 3.63) is 64.2 Å². The summed E-state index contributed by atoms with van der Waals surface area (Å²) in [4.78, 5) is 0. The molecule has 2 N–H and O–H groups in total. The lowest BCUT2D eigenvalue weighted by atomic mass is 9.91. The molecule has 0 spiro atoms. The molecular weight excluding hydrogens is 290 g/mol. The zero-order valence-electron chi connectivity index (χ0n) is 15.3. The van der Waals surface area contributed by atoms with Crippen LogP contribution in [-0.2, 0) is 19.3 Å². The summed E-state index contributed by atoms with van der Waals surface area (Å²) in [6, 6.07) is 12.6. The maximum atomic E-state index is 6.04. The van der Waals surface area contributed by atoms with Gasteiger partial charge in [-0.25, -0.2) is 0 Å². The minimum absolute atomic E-state index is 0.752. The van der Waals surface area contributed by atoms with Crippen LogP contribution >= 0.6 is 0 Å². The maximum absolute atomic E-state index is 6.04. The first-order valence-electron chi connectivity index (χ1n) is 9.20. The smallest absolute Gasteiger partial charge is 0.0478 e. The average Bonchev–Trinajstić information content (AvgIpc) is 2.56. The first kappa shape index (κ1) is 18.1. The normalized spacial score (nSPS) is 10.3. The second-order valence-corrected chi connectivity index (χ2v) is 6.38. The Kier molecular flexibility index (Phi) is 6.94. The van der Waals surface area contributed by atoms with E-state index in [2.05, 4.69) is 44.7 Å². The van der Waals surface area contributed by atoms with Gasteiger partial charge in [-0.05, 0) is 48.1 Å². The summed E-state index contributed by atoms with van der Waals surface area (Å²) < 4.78 is 0. The van der Waals surface area contributed by atoms with E-state index in [9.17, 15) is 0 Å². The Bertz CT molecular complexity index is 704. The molecule has 1 heteroatoms. The fourth-order valence-corrected chi connectivity index (χ4v) is 3.11. The van der Waals surface area contributed by atoms with Gasteiger partial charge in [0.25, 0.3) is 0 Å². The van der Waals surface area contributed by atoms with Crippen molar-refractivity contribution in [3.63, 3.8) is 0 Å². The van der Waals surface area contributed by atoms with Gasteiger partial charge in [-0.15, -0.1) is 0 Å². The van der Waals surface area contributed by atoms with E-state index >= 15 is 0 Å². The Morgan fingerprint density at radius 2 is 1.38 bits per heavy atom. The van der Waals surface area contributed by atoms with Crippen molar-refractivity contribution in [2.45, 2.75) is 59.3 Å². The molecule has 0 heterocycles. The van der Waals surface area contributed by atoms with Crippen LogP contribution in [0.25, 0.3) is 0 Å². The largest absolute Gasteiger partial charge is 0.398 e. The standard InChI is InChI=1S/C23H29N/c1-4-9-18-16-20(10-5-2)22(21(17-18)11-6-3)15-14-19-12-7-8-13-23(19)24/h7-8,12-13,16-17H,4-6,9-11,24H2,1-3H3. The monoisotopic (exact) mass is 319 g/mol. The van der Waals surface area contributed by atoms with Crippen LogP contribution in [0.15, 0.2) is 36.4 Å². The Morgan fingerprint density at radius 3 is 1.92 bits per heavy atom. The number of aryl methyl sites for hydroxylation is 3. The number of nitrogen functional groups attached to an aromatic ring is 1. The third kappa shape index (κ3) is 4.65. The van der Waals surface area contributed by atoms with E-state index in [-0.39, 0.29) is 0 Å². The molecule has 0 aliphatic rings. The number of benzene rings is 2. The minimum Gasteiger partial charge on any atom is -0.398 e. The summed E-state index contributed by atoms with van der Waals surface area (Å²) in [5.74, 6) is 6.75. The number of anilines is 1. The van der Waals surface area contributed by atoms with Gasteiger partial charge in [-0.3, -0.25) is 0 Å². The molecule has 0 radical (unpaired) electrons. The van der Waals surface area contributed by atoms with Crippen molar-refractivity contribution in [2.24, 2.45) is 0 Å². The van der Waals surface area contributed by atoms with Crippen molar-refractivity contribution in [1.82, 2.24) is 0 Å². The highest BCUT2D eigenvalue weighted by Crippen LogP contribution is 2.22. The predicted octanol–water partition coefficient (Wildman–Crippen LogP) is 5.53. The topological polar surface area (TPSA) is 26.0 Å². The summed E-state index contributed by atoms with van der Waals surface area (Å²) >= 11 is 0. The molecule has 0 saturated heterocycles. The van der Waals surface area contributed by atoms with Gasteiger partial charge in [-0.2, -0.15) is 0 Å². The lowest BCUT2D eigenvalue weighted by Gasteiger charge is -2.13. The molecule has 0 unspecified atom stereocenters. The molecule has 126 valence electrons.